The maximum Gasteiger partial charge on any atom is 0.224 e. The number of carbonyl (C=O) groups is 1. The van der Waals surface area contributed by atoms with Crippen molar-refractivity contribution in [3.8, 4) is 0 Å². The molecule has 0 spiro atoms. The first-order valence-electron chi connectivity index (χ1n) is 6.68. The number of amides is 1. The van der Waals surface area contributed by atoms with Crippen LogP contribution in [0.1, 0.15) is 24.6 Å². The zero-order valence-corrected chi connectivity index (χ0v) is 11.7. The molecule has 0 saturated carbocycles. The number of H-pyrrole nitrogens is 1. The number of benzene rings is 1. The van der Waals surface area contributed by atoms with Crippen LogP contribution in [0, 0.1) is 12.7 Å². The lowest BCUT2D eigenvalue weighted by molar-refractivity contribution is -0.121. The number of hydrogen-bond acceptors (Lipinski definition) is 2. The van der Waals surface area contributed by atoms with Crippen LogP contribution >= 0.6 is 0 Å². The first-order chi connectivity index (χ1) is 9.51. The van der Waals surface area contributed by atoms with Crippen molar-refractivity contribution >= 4 is 16.8 Å². The molecular formula is C15H19FN2O2. The van der Waals surface area contributed by atoms with Gasteiger partial charge in [-0.3, -0.25) is 4.79 Å². The predicted octanol–water partition coefficient (Wildman–Crippen LogP) is 2.05. The van der Waals surface area contributed by atoms with Crippen molar-refractivity contribution in [2.45, 2.75) is 32.7 Å². The Kier molecular flexibility index (Phi) is 4.39. The number of halogens is 1. The molecule has 0 aliphatic rings. The number of hydrogen-bond donors (Lipinski definition) is 3. The summed E-state index contributed by atoms with van der Waals surface area (Å²) in [6.45, 7) is 3.76. The van der Waals surface area contributed by atoms with Crippen LogP contribution in [0.5, 0.6) is 0 Å². The minimum atomic E-state index is -0.313. The van der Waals surface area contributed by atoms with Gasteiger partial charge in [-0.05, 0) is 44.0 Å². The highest BCUT2D eigenvalue weighted by atomic mass is 19.1. The third-order valence-electron chi connectivity index (χ3n) is 3.39. The van der Waals surface area contributed by atoms with Gasteiger partial charge in [0.15, 0.2) is 0 Å². The summed E-state index contributed by atoms with van der Waals surface area (Å²) in [4.78, 5) is 15.1. The van der Waals surface area contributed by atoms with E-state index in [4.69, 9.17) is 5.11 Å². The third-order valence-corrected chi connectivity index (χ3v) is 3.39. The Balaban J connectivity index is 2.18. The van der Waals surface area contributed by atoms with Crippen molar-refractivity contribution in [3.05, 3.63) is 35.3 Å². The van der Waals surface area contributed by atoms with E-state index in [0.29, 0.717) is 6.42 Å². The highest BCUT2D eigenvalue weighted by Crippen LogP contribution is 2.23. The van der Waals surface area contributed by atoms with Crippen LogP contribution in [0.15, 0.2) is 18.2 Å². The number of carbonyl (C=O) groups excluding carboxylic acids is 1. The minimum absolute atomic E-state index is 0.0404. The van der Waals surface area contributed by atoms with E-state index in [1.165, 1.54) is 12.1 Å². The zero-order chi connectivity index (χ0) is 14.7. The summed E-state index contributed by atoms with van der Waals surface area (Å²) in [7, 11) is 0. The van der Waals surface area contributed by atoms with Crippen LogP contribution in [0.4, 0.5) is 4.39 Å². The van der Waals surface area contributed by atoms with Crippen LogP contribution in [0.25, 0.3) is 10.9 Å². The van der Waals surface area contributed by atoms with Gasteiger partial charge in [0.1, 0.15) is 5.82 Å². The predicted molar refractivity (Wildman–Crippen MR) is 76.0 cm³/mol. The summed E-state index contributed by atoms with van der Waals surface area (Å²) in [5.74, 6) is -0.439. The molecule has 4 nitrogen and oxygen atoms in total. The molecule has 1 heterocycles. The molecule has 0 radical (unpaired) electrons. The summed E-state index contributed by atoms with van der Waals surface area (Å²) in [6, 6.07) is 4.44. The zero-order valence-electron chi connectivity index (χ0n) is 11.7. The number of rotatable bonds is 5. The number of aromatic amines is 1. The third kappa shape index (κ3) is 3.17. The molecule has 0 fully saturated rings. The number of nitrogens with one attached hydrogen (secondary N) is 2. The average molecular weight is 278 g/mol. The van der Waals surface area contributed by atoms with Crippen LogP contribution in [0.3, 0.4) is 0 Å². The van der Waals surface area contributed by atoms with Crippen molar-refractivity contribution in [2.24, 2.45) is 0 Å². The first-order valence-corrected chi connectivity index (χ1v) is 6.68. The van der Waals surface area contributed by atoms with E-state index in [9.17, 15) is 9.18 Å². The van der Waals surface area contributed by atoms with Gasteiger partial charge in [0.05, 0.1) is 6.42 Å². The van der Waals surface area contributed by atoms with Gasteiger partial charge in [-0.15, -0.1) is 0 Å². The van der Waals surface area contributed by atoms with Gasteiger partial charge in [-0.2, -0.15) is 0 Å². The van der Waals surface area contributed by atoms with Crippen LogP contribution in [-0.2, 0) is 11.2 Å². The van der Waals surface area contributed by atoms with Crippen LogP contribution in [0.2, 0.25) is 0 Å². The normalized spacial score (nSPS) is 12.6. The van der Waals surface area contributed by atoms with Gasteiger partial charge in [0.2, 0.25) is 5.91 Å². The second-order valence-electron chi connectivity index (χ2n) is 5.08. The molecule has 1 atom stereocenters. The molecule has 2 rings (SSSR count). The molecule has 108 valence electrons. The minimum Gasteiger partial charge on any atom is -0.396 e. The van der Waals surface area contributed by atoms with Gasteiger partial charge in [-0.25, -0.2) is 4.39 Å². The molecule has 1 unspecified atom stereocenters. The van der Waals surface area contributed by atoms with Crippen molar-refractivity contribution in [1.82, 2.24) is 10.3 Å². The van der Waals surface area contributed by atoms with Gasteiger partial charge in [0.25, 0.3) is 0 Å². The molecule has 0 aliphatic heterocycles. The number of aliphatic hydroxyl groups is 1. The van der Waals surface area contributed by atoms with Crippen molar-refractivity contribution in [3.63, 3.8) is 0 Å². The molecule has 0 saturated heterocycles. The first kappa shape index (κ1) is 14.5. The number of aryl methyl sites for hydroxylation is 1. The van der Waals surface area contributed by atoms with E-state index < -0.39 is 0 Å². The van der Waals surface area contributed by atoms with E-state index in [-0.39, 0.29) is 30.8 Å². The van der Waals surface area contributed by atoms with E-state index in [1.807, 2.05) is 13.8 Å². The monoisotopic (exact) mass is 278 g/mol. The topological polar surface area (TPSA) is 65.1 Å². The smallest absolute Gasteiger partial charge is 0.224 e. The van der Waals surface area contributed by atoms with Crippen molar-refractivity contribution in [2.75, 3.05) is 6.61 Å². The summed E-state index contributed by atoms with van der Waals surface area (Å²) in [5, 5.41) is 12.4. The molecule has 20 heavy (non-hydrogen) atoms. The van der Waals surface area contributed by atoms with Crippen molar-refractivity contribution < 1.29 is 14.3 Å². The molecular weight excluding hydrogens is 259 g/mol. The fourth-order valence-electron chi connectivity index (χ4n) is 2.33. The highest BCUT2D eigenvalue weighted by Gasteiger charge is 2.14. The molecule has 0 aliphatic carbocycles. The van der Waals surface area contributed by atoms with Gasteiger partial charge in [-0.1, -0.05) is 0 Å². The number of aromatic nitrogens is 1. The van der Waals surface area contributed by atoms with Crippen LogP contribution < -0.4 is 5.32 Å². The van der Waals surface area contributed by atoms with Gasteiger partial charge >= 0.3 is 0 Å². The molecule has 1 aromatic heterocycles. The summed E-state index contributed by atoms with van der Waals surface area (Å²) in [6.07, 6.45) is 0.721. The molecule has 0 bridgehead atoms. The Morgan fingerprint density at radius 1 is 1.50 bits per heavy atom. The lowest BCUT2D eigenvalue weighted by Crippen LogP contribution is -2.34. The standard InChI is InChI=1S/C15H19FN2O2/c1-9(5-6-19)17-15(20)8-12-10(2)18-14-4-3-11(16)7-13(12)14/h3-4,7,9,18-19H,5-6,8H2,1-2H3,(H,17,20). The highest BCUT2D eigenvalue weighted by molar-refractivity contribution is 5.90. The van der Waals surface area contributed by atoms with Crippen molar-refractivity contribution in [1.29, 1.82) is 0 Å². The lowest BCUT2D eigenvalue weighted by atomic mass is 10.1. The molecule has 2 aromatic rings. The molecule has 1 amide bonds. The summed E-state index contributed by atoms with van der Waals surface area (Å²) >= 11 is 0. The van der Waals surface area contributed by atoms with E-state index in [2.05, 4.69) is 10.3 Å². The largest absolute Gasteiger partial charge is 0.396 e. The second-order valence-corrected chi connectivity index (χ2v) is 5.08. The SMILES string of the molecule is Cc1[nH]c2ccc(F)cc2c1CC(=O)NC(C)CCO. The Morgan fingerprint density at radius 3 is 2.95 bits per heavy atom. The lowest BCUT2D eigenvalue weighted by Gasteiger charge is -2.12. The molecule has 3 N–H and O–H groups in total. The Hall–Kier alpha value is -1.88. The summed E-state index contributed by atoms with van der Waals surface area (Å²) < 4.78 is 13.3. The molecule has 5 heteroatoms. The fraction of sp³-hybridized carbons (Fsp3) is 0.400. The van der Waals surface area contributed by atoms with Crippen LogP contribution in [-0.4, -0.2) is 28.6 Å². The molecule has 1 aromatic carbocycles. The number of fused-ring (bicyclic) bond motifs is 1. The Labute approximate surface area is 117 Å². The van der Waals surface area contributed by atoms with E-state index in [1.54, 1.807) is 6.07 Å². The fourth-order valence-corrected chi connectivity index (χ4v) is 2.33. The second kappa shape index (κ2) is 6.05. The summed E-state index contributed by atoms with van der Waals surface area (Å²) in [5.41, 5.74) is 2.51. The quantitative estimate of drug-likeness (QED) is 0.783. The Bertz CT molecular complexity index is 622. The van der Waals surface area contributed by atoms with E-state index >= 15 is 0 Å². The van der Waals surface area contributed by atoms with Gasteiger partial charge < -0.3 is 15.4 Å². The maximum absolute atomic E-state index is 13.3. The average Bonchev–Trinajstić information content (AvgIpc) is 2.66. The number of aliphatic hydroxyl groups excluding tert-OH is 1. The maximum atomic E-state index is 13.3. The van der Waals surface area contributed by atoms with E-state index in [0.717, 1.165) is 22.2 Å². The van der Waals surface area contributed by atoms with Gasteiger partial charge in [0, 0.05) is 29.2 Å². The Morgan fingerprint density at radius 2 is 2.25 bits per heavy atom.